The summed E-state index contributed by atoms with van der Waals surface area (Å²) in [6, 6.07) is 5.92. The molecule has 19 heavy (non-hydrogen) atoms. The van der Waals surface area contributed by atoms with Crippen LogP contribution in [-0.2, 0) is 10.0 Å². The molecule has 0 saturated carbocycles. The van der Waals surface area contributed by atoms with Gasteiger partial charge in [0.05, 0.1) is 17.5 Å². The maximum atomic E-state index is 12.5. The number of nitrogen functional groups attached to an aromatic ring is 1. The Morgan fingerprint density at radius 2 is 2.05 bits per heavy atom. The fourth-order valence-corrected chi connectivity index (χ4v) is 4.13. The molecule has 0 amide bonds. The summed E-state index contributed by atoms with van der Waals surface area (Å²) in [7, 11) is -3.55. The third-order valence-electron chi connectivity index (χ3n) is 3.65. The van der Waals surface area contributed by atoms with Crippen molar-refractivity contribution in [2.75, 3.05) is 18.6 Å². The Labute approximate surface area is 113 Å². The van der Waals surface area contributed by atoms with Crippen molar-refractivity contribution in [1.82, 2.24) is 4.31 Å². The van der Waals surface area contributed by atoms with Crippen molar-refractivity contribution in [1.29, 1.82) is 0 Å². The molecule has 6 nitrogen and oxygen atoms in total. The number of hydrogen-bond acceptors (Lipinski definition) is 5. The molecule has 0 spiro atoms. The fourth-order valence-electron chi connectivity index (χ4n) is 2.40. The largest absolute Gasteiger partial charge is 0.395 e. The number of nitrogens with two attached hydrogens (primary N) is 1. The molecule has 1 heterocycles. The van der Waals surface area contributed by atoms with Gasteiger partial charge in [-0.15, -0.1) is 0 Å². The number of aliphatic hydroxyl groups is 1. The molecular weight excluding hydrogens is 266 g/mol. The van der Waals surface area contributed by atoms with Gasteiger partial charge in [0.2, 0.25) is 10.0 Å². The molecule has 1 aromatic rings. The molecule has 106 valence electrons. The van der Waals surface area contributed by atoms with Crippen molar-refractivity contribution in [3.63, 3.8) is 0 Å². The van der Waals surface area contributed by atoms with E-state index in [1.54, 1.807) is 12.1 Å². The zero-order valence-corrected chi connectivity index (χ0v) is 11.6. The average Bonchev–Trinajstić information content (AvgIpc) is 2.80. The van der Waals surface area contributed by atoms with E-state index in [0.29, 0.717) is 12.2 Å². The predicted molar refractivity (Wildman–Crippen MR) is 72.8 cm³/mol. The van der Waals surface area contributed by atoms with Crippen LogP contribution in [0.5, 0.6) is 0 Å². The quantitative estimate of drug-likeness (QED) is 0.548. The predicted octanol–water partition coefficient (Wildman–Crippen LogP) is 0.364. The van der Waals surface area contributed by atoms with Crippen LogP contribution in [0.25, 0.3) is 0 Å². The van der Waals surface area contributed by atoms with E-state index < -0.39 is 10.0 Å². The summed E-state index contributed by atoms with van der Waals surface area (Å²) in [6.45, 7) is 2.26. The zero-order chi connectivity index (χ0) is 14.0. The molecule has 1 fully saturated rings. The van der Waals surface area contributed by atoms with Crippen LogP contribution in [0.15, 0.2) is 29.2 Å². The molecule has 1 saturated heterocycles. The first kappa shape index (κ1) is 14.3. The first-order chi connectivity index (χ1) is 9.00. The van der Waals surface area contributed by atoms with Crippen LogP contribution >= 0.6 is 0 Å². The van der Waals surface area contributed by atoms with Crippen LogP contribution in [0.1, 0.15) is 13.3 Å². The average molecular weight is 285 g/mol. The zero-order valence-electron chi connectivity index (χ0n) is 10.8. The molecule has 2 atom stereocenters. The molecule has 7 heteroatoms. The summed E-state index contributed by atoms with van der Waals surface area (Å²) in [5, 5.41) is 9.37. The van der Waals surface area contributed by atoms with Gasteiger partial charge in [0.1, 0.15) is 0 Å². The smallest absolute Gasteiger partial charge is 0.243 e. The van der Waals surface area contributed by atoms with Gasteiger partial charge >= 0.3 is 0 Å². The molecule has 0 bridgehead atoms. The fraction of sp³-hybridized carbons (Fsp3) is 0.500. The minimum absolute atomic E-state index is 0.150. The minimum Gasteiger partial charge on any atom is -0.395 e. The highest BCUT2D eigenvalue weighted by Gasteiger charge is 2.38. The summed E-state index contributed by atoms with van der Waals surface area (Å²) in [4.78, 5) is 0.221. The number of rotatable bonds is 4. The normalized spacial score (nSPS) is 24.6. The van der Waals surface area contributed by atoms with Crippen molar-refractivity contribution >= 4 is 15.7 Å². The third-order valence-corrected chi connectivity index (χ3v) is 5.58. The van der Waals surface area contributed by atoms with E-state index >= 15 is 0 Å². The molecule has 4 N–H and O–H groups in total. The van der Waals surface area contributed by atoms with E-state index in [-0.39, 0.29) is 23.5 Å². The number of sulfonamides is 1. The first-order valence-electron chi connectivity index (χ1n) is 6.20. The Morgan fingerprint density at radius 1 is 1.42 bits per heavy atom. The van der Waals surface area contributed by atoms with Crippen molar-refractivity contribution < 1.29 is 13.5 Å². The maximum Gasteiger partial charge on any atom is 0.243 e. The second kappa shape index (κ2) is 5.46. The van der Waals surface area contributed by atoms with E-state index in [9.17, 15) is 13.5 Å². The van der Waals surface area contributed by atoms with E-state index in [0.717, 1.165) is 6.42 Å². The second-order valence-electron chi connectivity index (χ2n) is 4.80. The molecule has 0 aromatic heterocycles. The molecule has 1 aliphatic heterocycles. The van der Waals surface area contributed by atoms with Crippen LogP contribution in [0, 0.1) is 5.92 Å². The summed E-state index contributed by atoms with van der Waals surface area (Å²) in [5.41, 5.74) is 3.10. The maximum absolute atomic E-state index is 12.5. The number of hydrogen-bond donors (Lipinski definition) is 3. The van der Waals surface area contributed by atoms with Gasteiger partial charge in [-0.2, -0.15) is 4.31 Å². The van der Waals surface area contributed by atoms with Gasteiger partial charge in [0.25, 0.3) is 0 Å². The Balaban J connectivity index is 2.31. The molecule has 1 aromatic carbocycles. The Bertz CT molecular complexity index is 530. The van der Waals surface area contributed by atoms with Crippen molar-refractivity contribution in [2.24, 2.45) is 11.8 Å². The van der Waals surface area contributed by atoms with E-state index in [1.165, 1.54) is 16.4 Å². The van der Waals surface area contributed by atoms with Gasteiger partial charge in [-0.3, -0.25) is 5.84 Å². The highest BCUT2D eigenvalue weighted by molar-refractivity contribution is 7.89. The molecule has 0 aliphatic carbocycles. The molecular formula is C12H19N3O3S. The lowest BCUT2D eigenvalue weighted by Crippen LogP contribution is -2.39. The van der Waals surface area contributed by atoms with Gasteiger partial charge in [0, 0.05) is 12.2 Å². The summed E-state index contributed by atoms with van der Waals surface area (Å²) in [5.74, 6) is 5.42. The summed E-state index contributed by atoms with van der Waals surface area (Å²) < 4.78 is 26.4. The number of benzene rings is 1. The summed E-state index contributed by atoms with van der Waals surface area (Å²) in [6.07, 6.45) is 0.771. The minimum atomic E-state index is -3.55. The topological polar surface area (TPSA) is 95.7 Å². The number of anilines is 1. The molecule has 2 rings (SSSR count). The van der Waals surface area contributed by atoms with Crippen LogP contribution < -0.4 is 11.3 Å². The Morgan fingerprint density at radius 3 is 2.58 bits per heavy atom. The number of nitrogens with one attached hydrogen (secondary N) is 1. The standard InChI is InChI=1S/C12H19N3O3S/c1-9-6-7-15(12(9)8-16)19(17,18)11-4-2-10(14-13)3-5-11/h2-5,9,12,14,16H,6-8,13H2,1H3. The van der Waals surface area contributed by atoms with Gasteiger partial charge in [-0.1, -0.05) is 6.92 Å². The van der Waals surface area contributed by atoms with Crippen LogP contribution in [-0.4, -0.2) is 37.0 Å². The van der Waals surface area contributed by atoms with E-state index in [4.69, 9.17) is 5.84 Å². The monoisotopic (exact) mass is 285 g/mol. The first-order valence-corrected chi connectivity index (χ1v) is 7.64. The van der Waals surface area contributed by atoms with Gasteiger partial charge in [-0.05, 0) is 36.6 Å². The van der Waals surface area contributed by atoms with Crippen molar-refractivity contribution in [2.45, 2.75) is 24.3 Å². The summed E-state index contributed by atoms with van der Waals surface area (Å²) >= 11 is 0. The third kappa shape index (κ3) is 2.59. The number of nitrogens with zero attached hydrogens (tertiary/aromatic N) is 1. The van der Waals surface area contributed by atoms with Crippen LogP contribution in [0.2, 0.25) is 0 Å². The van der Waals surface area contributed by atoms with Crippen LogP contribution in [0.3, 0.4) is 0 Å². The van der Waals surface area contributed by atoms with Crippen molar-refractivity contribution in [3.05, 3.63) is 24.3 Å². The van der Waals surface area contributed by atoms with Gasteiger partial charge < -0.3 is 10.5 Å². The molecule has 0 radical (unpaired) electrons. The van der Waals surface area contributed by atoms with Crippen LogP contribution in [0.4, 0.5) is 5.69 Å². The second-order valence-corrected chi connectivity index (χ2v) is 6.69. The molecule has 2 unspecified atom stereocenters. The number of aliphatic hydroxyl groups excluding tert-OH is 1. The van der Waals surface area contributed by atoms with E-state index in [2.05, 4.69) is 5.43 Å². The van der Waals surface area contributed by atoms with Crippen molar-refractivity contribution in [3.8, 4) is 0 Å². The van der Waals surface area contributed by atoms with Gasteiger partial charge in [0.15, 0.2) is 0 Å². The lowest BCUT2D eigenvalue weighted by Gasteiger charge is -2.24. The molecule has 1 aliphatic rings. The number of hydrazine groups is 1. The van der Waals surface area contributed by atoms with E-state index in [1.807, 2.05) is 6.92 Å². The highest BCUT2D eigenvalue weighted by atomic mass is 32.2. The highest BCUT2D eigenvalue weighted by Crippen LogP contribution is 2.30. The Hall–Kier alpha value is -1.15. The lowest BCUT2D eigenvalue weighted by molar-refractivity contribution is 0.191. The van der Waals surface area contributed by atoms with Gasteiger partial charge in [-0.25, -0.2) is 8.42 Å². The lowest BCUT2D eigenvalue weighted by atomic mass is 10.0. The Kier molecular flexibility index (Phi) is 4.10. The SMILES string of the molecule is CC1CCN(S(=O)(=O)c2ccc(NN)cc2)C1CO.